The molecule has 1 aliphatic heterocycles. The molecule has 1 amide bonds. The number of aryl methyl sites for hydroxylation is 1. The van der Waals surface area contributed by atoms with Gasteiger partial charge in [0, 0.05) is 74.7 Å². The summed E-state index contributed by atoms with van der Waals surface area (Å²) in [5, 5.41) is 9.30. The largest absolute Gasteiger partial charge is 0.419 e. The van der Waals surface area contributed by atoms with Gasteiger partial charge in [0.15, 0.2) is 0 Å². The van der Waals surface area contributed by atoms with Gasteiger partial charge >= 0.3 is 6.18 Å². The summed E-state index contributed by atoms with van der Waals surface area (Å²) in [5.41, 5.74) is 6.76. The van der Waals surface area contributed by atoms with Crippen LogP contribution in [0.1, 0.15) is 41.8 Å². The number of hydrazine groups is 1. The number of benzene rings is 2. The topological polar surface area (TPSA) is 106 Å². The minimum atomic E-state index is -4.89. The predicted octanol–water partition coefficient (Wildman–Crippen LogP) is 4.98. The number of allylic oxidation sites excluding steroid dienone is 2. The lowest BCUT2D eigenvalue weighted by Crippen LogP contribution is -2.44. The molecular formula is C30H42F4N8O. The zero-order chi connectivity index (χ0) is 32.3. The van der Waals surface area contributed by atoms with Gasteiger partial charge in [0.2, 0.25) is 0 Å². The van der Waals surface area contributed by atoms with Gasteiger partial charge in [-0.1, -0.05) is 19.6 Å². The maximum Gasteiger partial charge on any atom is 0.419 e. The molecule has 9 nitrogen and oxygen atoms in total. The lowest BCUT2D eigenvalue weighted by molar-refractivity contribution is -0.139. The molecule has 1 saturated heterocycles. The molecule has 2 aromatic rings. The number of nitrogens with one attached hydrogen (secondary N) is 1. The summed E-state index contributed by atoms with van der Waals surface area (Å²) in [6.45, 7) is 15.8. The van der Waals surface area contributed by atoms with Gasteiger partial charge in [-0.05, 0) is 63.3 Å². The Bertz CT molecular complexity index is 1300. The molecule has 0 aromatic heterocycles. The first-order valence-electron chi connectivity index (χ1n) is 13.7. The summed E-state index contributed by atoms with van der Waals surface area (Å²) >= 11 is 0. The van der Waals surface area contributed by atoms with Gasteiger partial charge in [0.05, 0.1) is 11.3 Å². The molecule has 13 heteroatoms. The first kappa shape index (κ1) is 35.3. The fraction of sp³-hybridized carbons (Fsp3) is 0.400. The summed E-state index contributed by atoms with van der Waals surface area (Å²) in [5.74, 6) is 3.97. The van der Waals surface area contributed by atoms with Crippen LogP contribution >= 0.6 is 0 Å². The van der Waals surface area contributed by atoms with E-state index in [-0.39, 0.29) is 11.3 Å². The number of rotatable bonds is 9. The van der Waals surface area contributed by atoms with Crippen molar-refractivity contribution in [1.29, 1.82) is 0 Å². The second kappa shape index (κ2) is 16.1. The fourth-order valence-corrected chi connectivity index (χ4v) is 3.88. The van der Waals surface area contributed by atoms with E-state index in [9.17, 15) is 22.4 Å². The Morgan fingerprint density at radius 1 is 1.16 bits per heavy atom. The van der Waals surface area contributed by atoms with Crippen molar-refractivity contribution in [3.63, 3.8) is 0 Å². The number of carbonyl (C=O) groups excluding carboxylic acids is 1. The van der Waals surface area contributed by atoms with Crippen molar-refractivity contribution in [3.05, 3.63) is 83.1 Å². The number of carbonyl (C=O) groups is 1. The van der Waals surface area contributed by atoms with Gasteiger partial charge in [-0.15, -0.1) is 0 Å². The van der Waals surface area contributed by atoms with E-state index in [2.05, 4.69) is 40.8 Å². The summed E-state index contributed by atoms with van der Waals surface area (Å²) in [4.78, 5) is 17.5. The number of nitrogens with zero attached hydrogens (tertiary/aromatic N) is 5. The Balaban J connectivity index is 0.000000609. The molecule has 0 atom stereocenters. The van der Waals surface area contributed by atoms with Crippen molar-refractivity contribution in [2.24, 2.45) is 16.7 Å². The normalized spacial score (nSPS) is 14.7. The lowest BCUT2D eigenvalue weighted by Gasteiger charge is -2.31. The number of amides is 1. The van der Waals surface area contributed by atoms with Crippen LogP contribution in [0.5, 0.6) is 0 Å². The maximum absolute atomic E-state index is 13.5. The summed E-state index contributed by atoms with van der Waals surface area (Å²) in [6.07, 6.45) is -1.54. The molecule has 2 aromatic carbocycles. The molecule has 5 N–H and O–H groups in total. The van der Waals surface area contributed by atoms with Crippen LogP contribution < -0.4 is 21.9 Å². The van der Waals surface area contributed by atoms with Crippen molar-refractivity contribution in [2.75, 3.05) is 57.1 Å². The number of nitrogens with two attached hydrogens (primary N) is 2. The van der Waals surface area contributed by atoms with Gasteiger partial charge in [-0.2, -0.15) is 18.3 Å². The SMILES string of the molecule is C=C(C)N(C)/N=C\C/C(N)=C/N(N)c1cc(C(=O)Nc2ccc(F)c(C(F)(F)F)c2)ccc1C.CCN1CCN(C)CC1. The molecule has 236 valence electrons. The van der Waals surface area contributed by atoms with E-state index in [1.807, 2.05) is 0 Å². The number of halogens is 4. The van der Waals surface area contributed by atoms with E-state index < -0.39 is 23.5 Å². The van der Waals surface area contributed by atoms with Crippen LogP contribution in [0.15, 0.2) is 65.7 Å². The summed E-state index contributed by atoms with van der Waals surface area (Å²) in [6, 6.07) is 6.81. The van der Waals surface area contributed by atoms with Crippen molar-refractivity contribution in [1.82, 2.24) is 14.8 Å². The van der Waals surface area contributed by atoms with Crippen LogP contribution in [0.2, 0.25) is 0 Å². The van der Waals surface area contributed by atoms with Crippen LogP contribution in [-0.2, 0) is 6.18 Å². The number of hydrogen-bond donors (Lipinski definition) is 3. The minimum Gasteiger partial charge on any atom is -0.401 e. The number of anilines is 2. The van der Waals surface area contributed by atoms with Crippen molar-refractivity contribution in [3.8, 4) is 0 Å². The summed E-state index contributed by atoms with van der Waals surface area (Å²) < 4.78 is 52.3. The number of piperazine rings is 1. The number of hydrogen-bond acceptors (Lipinski definition) is 8. The van der Waals surface area contributed by atoms with Crippen molar-refractivity contribution >= 4 is 23.5 Å². The molecule has 1 fully saturated rings. The number of hydrazone groups is 1. The van der Waals surface area contributed by atoms with Crippen LogP contribution in [0, 0.1) is 12.7 Å². The second-order valence-electron chi connectivity index (χ2n) is 10.3. The first-order valence-corrected chi connectivity index (χ1v) is 13.7. The van der Waals surface area contributed by atoms with Gasteiger partial charge in [-0.3, -0.25) is 14.8 Å². The molecule has 0 spiro atoms. The van der Waals surface area contributed by atoms with Gasteiger partial charge < -0.3 is 20.9 Å². The van der Waals surface area contributed by atoms with E-state index >= 15 is 0 Å². The highest BCUT2D eigenvalue weighted by Crippen LogP contribution is 2.33. The van der Waals surface area contributed by atoms with Crippen LogP contribution in [0.4, 0.5) is 28.9 Å². The monoisotopic (exact) mass is 606 g/mol. The lowest BCUT2D eigenvalue weighted by atomic mass is 10.1. The Kier molecular flexibility index (Phi) is 13.2. The summed E-state index contributed by atoms with van der Waals surface area (Å²) in [7, 11) is 3.93. The average Bonchev–Trinajstić information content (AvgIpc) is 2.94. The van der Waals surface area contributed by atoms with Crippen LogP contribution in [0.3, 0.4) is 0 Å². The molecule has 0 unspecified atom stereocenters. The molecular weight excluding hydrogens is 564 g/mol. The van der Waals surface area contributed by atoms with E-state index in [1.54, 1.807) is 38.2 Å². The number of alkyl halides is 3. The predicted molar refractivity (Wildman–Crippen MR) is 165 cm³/mol. The van der Waals surface area contributed by atoms with Crippen LogP contribution in [-0.4, -0.2) is 73.7 Å². The Labute approximate surface area is 251 Å². The van der Waals surface area contributed by atoms with Crippen LogP contribution in [0.25, 0.3) is 0 Å². The van der Waals surface area contributed by atoms with E-state index in [4.69, 9.17) is 11.6 Å². The minimum absolute atomic E-state index is 0.130. The molecule has 0 radical (unpaired) electrons. The van der Waals surface area contributed by atoms with Gasteiger partial charge in [0.25, 0.3) is 5.91 Å². The zero-order valence-electron chi connectivity index (χ0n) is 25.4. The highest BCUT2D eigenvalue weighted by molar-refractivity contribution is 6.05. The molecule has 3 rings (SSSR count). The maximum atomic E-state index is 13.5. The molecule has 1 aliphatic rings. The standard InChI is InChI=1S/C23H26F4N6O.C7H16N2/c1-14(2)32(4)30-10-9-17(28)13-33(29)21-11-16(6-5-15(21)3)22(34)31-18-7-8-20(24)19(12-18)23(25,26)27;1-3-9-6-4-8(2)5-7-9/h5-8,10-13H,1,9,28-29H2,2-4H3,(H,31,34);3-7H2,1-2H3/b17-13-,30-10-;. The highest BCUT2D eigenvalue weighted by Gasteiger charge is 2.34. The average molecular weight is 607 g/mol. The van der Waals surface area contributed by atoms with E-state index in [0.29, 0.717) is 29.9 Å². The molecule has 0 saturated carbocycles. The molecule has 1 heterocycles. The quantitative estimate of drug-likeness (QED) is 0.160. The first-order chi connectivity index (χ1) is 20.1. The number of likely N-dealkylation sites (N-methyl/N-ethyl adjacent to an activating group) is 2. The van der Waals surface area contributed by atoms with E-state index in [1.165, 1.54) is 56.1 Å². The third kappa shape index (κ3) is 11.3. The molecule has 0 aliphatic carbocycles. The van der Waals surface area contributed by atoms with Crippen molar-refractivity contribution < 1.29 is 22.4 Å². The molecule has 43 heavy (non-hydrogen) atoms. The second-order valence-corrected chi connectivity index (χ2v) is 10.3. The van der Waals surface area contributed by atoms with Gasteiger partial charge in [-0.25, -0.2) is 10.2 Å². The Hall–Kier alpha value is -3.94. The fourth-order valence-electron chi connectivity index (χ4n) is 3.88. The van der Waals surface area contributed by atoms with E-state index in [0.717, 1.165) is 17.3 Å². The third-order valence-electron chi connectivity index (χ3n) is 6.76. The Morgan fingerprint density at radius 2 is 1.81 bits per heavy atom. The van der Waals surface area contributed by atoms with Crippen molar-refractivity contribution in [2.45, 2.75) is 33.4 Å². The molecule has 0 bridgehead atoms. The van der Waals surface area contributed by atoms with Gasteiger partial charge in [0.1, 0.15) is 5.82 Å². The highest BCUT2D eigenvalue weighted by atomic mass is 19.4. The smallest absolute Gasteiger partial charge is 0.401 e. The Morgan fingerprint density at radius 3 is 2.40 bits per heavy atom. The third-order valence-corrected chi connectivity index (χ3v) is 6.76. The zero-order valence-corrected chi connectivity index (χ0v) is 25.4.